The van der Waals surface area contributed by atoms with Crippen LogP contribution in [-0.4, -0.2) is 35.8 Å². The summed E-state index contributed by atoms with van der Waals surface area (Å²) in [7, 11) is 0. The molecule has 3 amide bonds. The Morgan fingerprint density at radius 1 is 0.812 bits per heavy atom. The lowest BCUT2D eigenvalue weighted by atomic mass is 10.0. The Kier molecular flexibility index (Phi) is 8.52. The van der Waals surface area contributed by atoms with Crippen molar-refractivity contribution in [3.05, 3.63) is 59.7 Å². The van der Waals surface area contributed by atoms with E-state index in [4.69, 9.17) is 4.74 Å². The molecule has 32 heavy (non-hydrogen) atoms. The number of hydrogen-bond acceptors (Lipinski definition) is 5. The maximum Gasteiger partial charge on any atom is 0.408 e. The van der Waals surface area contributed by atoms with Crippen molar-refractivity contribution in [2.24, 2.45) is 0 Å². The molecule has 2 rings (SSSR count). The summed E-state index contributed by atoms with van der Waals surface area (Å²) in [5.74, 6) is -0.943. The standard InChI is InChI=1S/C24H29N3O5/c1-16-9-11-17(12-10-16)20(28)13-14-21(29)26-18-7-5-6-8-19(18)27-22(30)15-25-23(31)32-24(2,3)4/h5-12H,13-15H2,1-4H3,(H,25,31)(H,26,29)(H,27,30). The monoisotopic (exact) mass is 439 g/mol. The molecule has 0 atom stereocenters. The number of amides is 3. The first kappa shape index (κ1) is 24.6. The molecule has 0 spiro atoms. The lowest BCUT2D eigenvalue weighted by Gasteiger charge is -2.19. The van der Waals surface area contributed by atoms with Crippen LogP contribution in [0.15, 0.2) is 48.5 Å². The minimum Gasteiger partial charge on any atom is -0.444 e. The van der Waals surface area contributed by atoms with Gasteiger partial charge in [-0.1, -0.05) is 42.0 Å². The number of Topliss-reactive ketones (excluding diaryl/α,β-unsaturated/α-hetero) is 1. The number of nitrogens with one attached hydrogen (secondary N) is 3. The van der Waals surface area contributed by atoms with Gasteiger partial charge in [0.2, 0.25) is 11.8 Å². The van der Waals surface area contributed by atoms with Gasteiger partial charge in [0, 0.05) is 18.4 Å². The molecule has 0 saturated heterocycles. The zero-order valence-corrected chi connectivity index (χ0v) is 18.8. The minimum atomic E-state index is -0.701. The Labute approximate surface area is 187 Å². The molecule has 0 fully saturated rings. The van der Waals surface area contributed by atoms with E-state index in [1.807, 2.05) is 19.1 Å². The van der Waals surface area contributed by atoms with Crippen molar-refractivity contribution in [1.29, 1.82) is 0 Å². The molecule has 2 aromatic rings. The summed E-state index contributed by atoms with van der Waals surface area (Å²) in [6.07, 6.45) is -0.620. The summed E-state index contributed by atoms with van der Waals surface area (Å²) in [5.41, 5.74) is 1.72. The highest BCUT2D eigenvalue weighted by Crippen LogP contribution is 2.21. The van der Waals surface area contributed by atoms with E-state index in [1.54, 1.807) is 57.2 Å². The largest absolute Gasteiger partial charge is 0.444 e. The van der Waals surface area contributed by atoms with E-state index in [2.05, 4.69) is 16.0 Å². The number of aryl methyl sites for hydroxylation is 1. The second kappa shape index (κ2) is 11.1. The maximum atomic E-state index is 12.3. The van der Waals surface area contributed by atoms with Crippen LogP contribution in [0.4, 0.5) is 16.2 Å². The van der Waals surface area contributed by atoms with Crippen LogP contribution in [0.25, 0.3) is 0 Å². The van der Waals surface area contributed by atoms with E-state index in [1.165, 1.54) is 0 Å². The number of anilines is 2. The molecular formula is C24H29N3O5. The van der Waals surface area contributed by atoms with Gasteiger partial charge in [-0.3, -0.25) is 14.4 Å². The van der Waals surface area contributed by atoms with Gasteiger partial charge in [-0.25, -0.2) is 4.79 Å². The number of carbonyl (C=O) groups is 4. The molecule has 8 heteroatoms. The highest BCUT2D eigenvalue weighted by Gasteiger charge is 2.17. The van der Waals surface area contributed by atoms with Crippen molar-refractivity contribution in [1.82, 2.24) is 5.32 Å². The average molecular weight is 440 g/mol. The molecule has 0 saturated carbocycles. The molecule has 0 bridgehead atoms. The van der Waals surface area contributed by atoms with Crippen molar-refractivity contribution >= 4 is 35.1 Å². The number of carbonyl (C=O) groups excluding carboxylic acids is 4. The first-order valence-electron chi connectivity index (χ1n) is 10.3. The fourth-order valence-corrected chi connectivity index (χ4v) is 2.69. The molecule has 0 aliphatic carbocycles. The molecule has 0 radical (unpaired) electrons. The van der Waals surface area contributed by atoms with Gasteiger partial charge in [0.1, 0.15) is 12.1 Å². The van der Waals surface area contributed by atoms with Gasteiger partial charge >= 0.3 is 6.09 Å². The predicted octanol–water partition coefficient (Wildman–Crippen LogP) is 4.06. The Balaban J connectivity index is 1.87. The first-order valence-corrected chi connectivity index (χ1v) is 10.3. The van der Waals surface area contributed by atoms with Crippen LogP contribution in [0, 0.1) is 6.92 Å². The number of benzene rings is 2. The van der Waals surface area contributed by atoms with Gasteiger partial charge in [0.25, 0.3) is 0 Å². The molecule has 0 unspecified atom stereocenters. The average Bonchev–Trinajstić information content (AvgIpc) is 2.71. The predicted molar refractivity (Wildman–Crippen MR) is 123 cm³/mol. The maximum absolute atomic E-state index is 12.3. The van der Waals surface area contributed by atoms with Gasteiger partial charge in [0.05, 0.1) is 11.4 Å². The first-order chi connectivity index (χ1) is 15.0. The van der Waals surface area contributed by atoms with E-state index in [-0.39, 0.29) is 31.1 Å². The smallest absolute Gasteiger partial charge is 0.408 e. The lowest BCUT2D eigenvalue weighted by molar-refractivity contribution is -0.116. The molecular weight excluding hydrogens is 410 g/mol. The second-order valence-corrected chi connectivity index (χ2v) is 8.29. The van der Waals surface area contributed by atoms with Crippen molar-refractivity contribution in [2.75, 3.05) is 17.2 Å². The van der Waals surface area contributed by atoms with Crippen molar-refractivity contribution < 1.29 is 23.9 Å². The van der Waals surface area contributed by atoms with E-state index < -0.39 is 17.6 Å². The van der Waals surface area contributed by atoms with Crippen LogP contribution in [-0.2, 0) is 14.3 Å². The van der Waals surface area contributed by atoms with Crippen LogP contribution in [0.3, 0.4) is 0 Å². The van der Waals surface area contributed by atoms with Crippen molar-refractivity contribution in [2.45, 2.75) is 46.1 Å². The molecule has 0 aliphatic heterocycles. The molecule has 0 heterocycles. The molecule has 2 aromatic carbocycles. The summed E-state index contributed by atoms with van der Waals surface area (Å²) in [6.45, 7) is 6.81. The summed E-state index contributed by atoms with van der Waals surface area (Å²) in [6, 6.07) is 13.9. The fraction of sp³-hybridized carbons (Fsp3) is 0.333. The fourth-order valence-electron chi connectivity index (χ4n) is 2.69. The van der Waals surface area contributed by atoms with Gasteiger partial charge in [-0.2, -0.15) is 0 Å². The SMILES string of the molecule is Cc1ccc(C(=O)CCC(=O)Nc2ccccc2NC(=O)CNC(=O)OC(C)(C)C)cc1. The number of rotatable bonds is 8. The summed E-state index contributed by atoms with van der Waals surface area (Å²) in [5, 5.41) is 7.72. The second-order valence-electron chi connectivity index (χ2n) is 8.29. The molecule has 0 aliphatic rings. The summed E-state index contributed by atoms with van der Waals surface area (Å²) < 4.78 is 5.08. The topological polar surface area (TPSA) is 114 Å². The van der Waals surface area contributed by atoms with Crippen LogP contribution in [0.2, 0.25) is 0 Å². The van der Waals surface area contributed by atoms with E-state index >= 15 is 0 Å². The van der Waals surface area contributed by atoms with E-state index in [0.717, 1.165) is 5.56 Å². The van der Waals surface area contributed by atoms with Gasteiger partial charge in [-0.05, 0) is 39.8 Å². The Morgan fingerprint density at radius 2 is 1.38 bits per heavy atom. The number of para-hydroxylation sites is 2. The Hall–Kier alpha value is -3.68. The van der Waals surface area contributed by atoms with Crippen molar-refractivity contribution in [3.63, 3.8) is 0 Å². The van der Waals surface area contributed by atoms with E-state index in [9.17, 15) is 19.2 Å². The van der Waals surface area contributed by atoms with Crippen LogP contribution >= 0.6 is 0 Å². The zero-order chi connectivity index (χ0) is 23.7. The third-order valence-corrected chi connectivity index (χ3v) is 4.22. The number of ether oxygens (including phenoxy) is 1. The quantitative estimate of drug-likeness (QED) is 0.537. The minimum absolute atomic E-state index is 0.00912. The van der Waals surface area contributed by atoms with E-state index in [0.29, 0.717) is 16.9 Å². The highest BCUT2D eigenvalue weighted by atomic mass is 16.6. The zero-order valence-electron chi connectivity index (χ0n) is 18.8. The van der Waals surface area contributed by atoms with Crippen LogP contribution in [0.1, 0.15) is 49.5 Å². The van der Waals surface area contributed by atoms with Crippen LogP contribution < -0.4 is 16.0 Å². The third-order valence-electron chi connectivity index (χ3n) is 4.22. The highest BCUT2D eigenvalue weighted by molar-refractivity contribution is 6.03. The Morgan fingerprint density at radius 3 is 1.94 bits per heavy atom. The number of alkyl carbamates (subject to hydrolysis) is 1. The third kappa shape index (κ3) is 8.59. The normalized spacial score (nSPS) is 10.8. The molecule has 170 valence electrons. The molecule has 8 nitrogen and oxygen atoms in total. The number of ketones is 1. The van der Waals surface area contributed by atoms with Crippen molar-refractivity contribution in [3.8, 4) is 0 Å². The van der Waals surface area contributed by atoms with Gasteiger partial charge in [-0.15, -0.1) is 0 Å². The number of hydrogen-bond donors (Lipinski definition) is 3. The van der Waals surface area contributed by atoms with Crippen LogP contribution in [0.5, 0.6) is 0 Å². The summed E-state index contributed by atoms with van der Waals surface area (Å²) >= 11 is 0. The van der Waals surface area contributed by atoms with Gasteiger partial charge in [0.15, 0.2) is 5.78 Å². The Bertz CT molecular complexity index is 978. The molecule has 3 N–H and O–H groups in total. The lowest BCUT2D eigenvalue weighted by Crippen LogP contribution is -2.37. The van der Waals surface area contributed by atoms with Gasteiger partial charge < -0.3 is 20.7 Å². The summed E-state index contributed by atoms with van der Waals surface area (Å²) in [4.78, 5) is 48.4. The molecule has 0 aromatic heterocycles.